The van der Waals surface area contributed by atoms with Crippen LogP contribution in [0.5, 0.6) is 11.5 Å². The number of rotatable bonds is 5. The van der Waals surface area contributed by atoms with Crippen LogP contribution in [0.4, 0.5) is 0 Å². The third-order valence-corrected chi connectivity index (χ3v) is 4.26. The average molecular weight is 380 g/mol. The summed E-state index contributed by atoms with van der Waals surface area (Å²) in [6.07, 6.45) is 3.52. The fraction of sp³-hybridized carbons (Fsp3) is 0.190. The fourth-order valence-corrected chi connectivity index (χ4v) is 2.96. The Hall–Kier alpha value is -3.61. The van der Waals surface area contributed by atoms with E-state index >= 15 is 0 Å². The molecule has 0 fully saturated rings. The number of para-hydroxylation sites is 1. The van der Waals surface area contributed by atoms with Crippen LogP contribution in [0.2, 0.25) is 0 Å². The third kappa shape index (κ3) is 3.46. The first-order chi connectivity index (χ1) is 13.5. The number of carbonyl (C=O) groups excluding carboxylic acids is 2. The second kappa shape index (κ2) is 7.96. The standard InChI is InChI=1S/C21H20N2O5/c1-13(24)23-16-7-5-6-15(21(25)28-4)20(16)22-19(23)11-9-14-8-10-17(26-2)18(12-14)27-3/h5-12H,1-4H3/b11-9+. The molecule has 2 aromatic carbocycles. The van der Waals surface area contributed by atoms with Crippen LogP contribution in [0, 0.1) is 0 Å². The minimum atomic E-state index is -0.505. The molecule has 0 amide bonds. The summed E-state index contributed by atoms with van der Waals surface area (Å²) >= 11 is 0. The summed E-state index contributed by atoms with van der Waals surface area (Å²) in [5.41, 5.74) is 2.10. The second-order valence-corrected chi connectivity index (χ2v) is 5.94. The van der Waals surface area contributed by atoms with Gasteiger partial charge in [-0.15, -0.1) is 0 Å². The summed E-state index contributed by atoms with van der Waals surface area (Å²) in [6, 6.07) is 10.5. The highest BCUT2D eigenvalue weighted by Gasteiger charge is 2.18. The van der Waals surface area contributed by atoms with E-state index in [0.29, 0.717) is 33.9 Å². The first-order valence-corrected chi connectivity index (χ1v) is 8.51. The molecular weight excluding hydrogens is 360 g/mol. The van der Waals surface area contributed by atoms with Crippen molar-refractivity contribution >= 4 is 35.1 Å². The van der Waals surface area contributed by atoms with Gasteiger partial charge in [0.2, 0.25) is 5.91 Å². The maximum atomic E-state index is 12.2. The Bertz CT molecular complexity index is 1080. The lowest BCUT2D eigenvalue weighted by atomic mass is 10.2. The van der Waals surface area contributed by atoms with Gasteiger partial charge in [0.05, 0.1) is 32.4 Å². The van der Waals surface area contributed by atoms with Crippen molar-refractivity contribution in [3.05, 3.63) is 53.3 Å². The van der Waals surface area contributed by atoms with Crippen molar-refractivity contribution in [1.29, 1.82) is 0 Å². The van der Waals surface area contributed by atoms with Crippen LogP contribution in [0.25, 0.3) is 23.2 Å². The van der Waals surface area contributed by atoms with Crippen molar-refractivity contribution in [2.45, 2.75) is 6.92 Å². The van der Waals surface area contributed by atoms with Crippen LogP contribution in [0.1, 0.15) is 33.5 Å². The van der Waals surface area contributed by atoms with E-state index in [0.717, 1.165) is 5.56 Å². The largest absolute Gasteiger partial charge is 0.493 e. The lowest BCUT2D eigenvalue weighted by Gasteiger charge is -2.07. The summed E-state index contributed by atoms with van der Waals surface area (Å²) in [4.78, 5) is 28.7. The van der Waals surface area contributed by atoms with Gasteiger partial charge in [0, 0.05) is 6.92 Å². The molecule has 3 rings (SSSR count). The predicted octanol–water partition coefficient (Wildman–Crippen LogP) is 3.67. The van der Waals surface area contributed by atoms with Gasteiger partial charge in [0.1, 0.15) is 11.3 Å². The zero-order valence-corrected chi connectivity index (χ0v) is 16.1. The Morgan fingerprint density at radius 2 is 1.75 bits per heavy atom. The molecule has 0 saturated heterocycles. The van der Waals surface area contributed by atoms with Crippen LogP contribution in [-0.4, -0.2) is 42.8 Å². The van der Waals surface area contributed by atoms with Crippen molar-refractivity contribution in [1.82, 2.24) is 9.55 Å². The zero-order valence-electron chi connectivity index (χ0n) is 16.1. The van der Waals surface area contributed by atoms with Gasteiger partial charge in [0.25, 0.3) is 0 Å². The molecule has 144 valence electrons. The number of esters is 1. The summed E-state index contributed by atoms with van der Waals surface area (Å²) in [6.45, 7) is 1.44. The lowest BCUT2D eigenvalue weighted by Crippen LogP contribution is -2.07. The number of benzene rings is 2. The predicted molar refractivity (Wildman–Crippen MR) is 106 cm³/mol. The molecule has 0 saturated carbocycles. The molecule has 0 aliphatic carbocycles. The highest BCUT2D eigenvalue weighted by molar-refractivity contribution is 6.04. The van der Waals surface area contributed by atoms with Gasteiger partial charge in [-0.2, -0.15) is 0 Å². The van der Waals surface area contributed by atoms with Gasteiger partial charge in [-0.1, -0.05) is 18.2 Å². The Kier molecular flexibility index (Phi) is 5.44. The first kappa shape index (κ1) is 19.2. The van der Waals surface area contributed by atoms with Crippen LogP contribution in [0.3, 0.4) is 0 Å². The molecule has 0 spiro atoms. The van der Waals surface area contributed by atoms with Crippen LogP contribution >= 0.6 is 0 Å². The van der Waals surface area contributed by atoms with E-state index in [1.54, 1.807) is 50.6 Å². The molecule has 0 bridgehead atoms. The van der Waals surface area contributed by atoms with Crippen LogP contribution in [-0.2, 0) is 4.74 Å². The topological polar surface area (TPSA) is 79.7 Å². The molecule has 0 unspecified atom stereocenters. The normalized spacial score (nSPS) is 11.0. The minimum Gasteiger partial charge on any atom is -0.493 e. The van der Waals surface area contributed by atoms with Gasteiger partial charge in [-0.05, 0) is 35.9 Å². The highest BCUT2D eigenvalue weighted by Crippen LogP contribution is 2.28. The molecule has 7 heteroatoms. The number of aromatic nitrogens is 2. The SMILES string of the molecule is COC(=O)c1cccc2c1nc(/C=C/c1ccc(OC)c(OC)c1)n2C(C)=O. The third-order valence-electron chi connectivity index (χ3n) is 4.26. The molecule has 1 aromatic heterocycles. The number of imidazole rings is 1. The monoisotopic (exact) mass is 380 g/mol. The van der Waals surface area contributed by atoms with Crippen LogP contribution in [0.15, 0.2) is 36.4 Å². The maximum absolute atomic E-state index is 12.2. The maximum Gasteiger partial charge on any atom is 0.340 e. The van der Waals surface area contributed by atoms with E-state index in [4.69, 9.17) is 14.2 Å². The molecule has 28 heavy (non-hydrogen) atoms. The van der Waals surface area contributed by atoms with Gasteiger partial charge in [0.15, 0.2) is 11.5 Å². The smallest absolute Gasteiger partial charge is 0.340 e. The Morgan fingerprint density at radius 3 is 2.39 bits per heavy atom. The summed E-state index contributed by atoms with van der Waals surface area (Å²) < 4.78 is 16.8. The van der Waals surface area contributed by atoms with Gasteiger partial charge >= 0.3 is 5.97 Å². The van der Waals surface area contributed by atoms with Gasteiger partial charge < -0.3 is 14.2 Å². The molecule has 0 atom stereocenters. The molecule has 3 aromatic rings. The van der Waals surface area contributed by atoms with E-state index in [-0.39, 0.29) is 5.91 Å². The molecule has 0 aliphatic rings. The van der Waals surface area contributed by atoms with Crippen molar-refractivity contribution in [3.63, 3.8) is 0 Å². The number of hydrogen-bond acceptors (Lipinski definition) is 6. The number of hydrogen-bond donors (Lipinski definition) is 0. The number of ether oxygens (including phenoxy) is 3. The first-order valence-electron chi connectivity index (χ1n) is 8.51. The van der Waals surface area contributed by atoms with Crippen LogP contribution < -0.4 is 9.47 Å². The van der Waals surface area contributed by atoms with E-state index < -0.39 is 5.97 Å². The van der Waals surface area contributed by atoms with Gasteiger partial charge in [-0.3, -0.25) is 9.36 Å². The van der Waals surface area contributed by atoms with Gasteiger partial charge in [-0.25, -0.2) is 9.78 Å². The van der Waals surface area contributed by atoms with Crippen molar-refractivity contribution in [2.75, 3.05) is 21.3 Å². The Labute approximate surface area is 162 Å². The van der Waals surface area contributed by atoms with E-state index in [9.17, 15) is 9.59 Å². The van der Waals surface area contributed by atoms with Crippen molar-refractivity contribution in [2.24, 2.45) is 0 Å². The molecule has 0 aliphatic heterocycles. The summed E-state index contributed by atoms with van der Waals surface area (Å²) in [5, 5.41) is 0. The van der Waals surface area contributed by atoms with Crippen molar-refractivity contribution < 1.29 is 23.8 Å². The highest BCUT2D eigenvalue weighted by atomic mass is 16.5. The van der Waals surface area contributed by atoms with E-state index in [1.165, 1.54) is 18.6 Å². The van der Waals surface area contributed by atoms with E-state index in [2.05, 4.69) is 4.98 Å². The number of fused-ring (bicyclic) bond motifs is 1. The van der Waals surface area contributed by atoms with Crippen molar-refractivity contribution in [3.8, 4) is 11.5 Å². The summed E-state index contributed by atoms with van der Waals surface area (Å²) in [5.74, 6) is 0.912. The number of methoxy groups -OCH3 is 3. The zero-order chi connectivity index (χ0) is 20.3. The van der Waals surface area contributed by atoms with E-state index in [1.807, 2.05) is 12.1 Å². The molecular formula is C21H20N2O5. The minimum absolute atomic E-state index is 0.212. The lowest BCUT2D eigenvalue weighted by molar-refractivity contribution is 0.0602. The summed E-state index contributed by atoms with van der Waals surface area (Å²) in [7, 11) is 4.44. The molecule has 7 nitrogen and oxygen atoms in total. The fourth-order valence-electron chi connectivity index (χ4n) is 2.96. The Morgan fingerprint density at radius 1 is 1.00 bits per heavy atom. The second-order valence-electron chi connectivity index (χ2n) is 5.94. The number of carbonyl (C=O) groups is 2. The Balaban J connectivity index is 2.10. The number of nitrogens with zero attached hydrogens (tertiary/aromatic N) is 2. The molecule has 0 radical (unpaired) electrons. The molecule has 1 heterocycles. The average Bonchev–Trinajstić information content (AvgIpc) is 3.10. The quantitative estimate of drug-likeness (QED) is 0.629. The molecule has 0 N–H and O–H groups in total.